The summed E-state index contributed by atoms with van der Waals surface area (Å²) in [5.41, 5.74) is 4.31. The summed E-state index contributed by atoms with van der Waals surface area (Å²) in [6, 6.07) is 16.8. The molecular formula is C27H34N4O3S3. The highest BCUT2D eigenvalue weighted by Crippen LogP contribution is 2.29. The van der Waals surface area contributed by atoms with Crippen molar-refractivity contribution >= 4 is 60.3 Å². The van der Waals surface area contributed by atoms with Gasteiger partial charge in [-0.3, -0.25) is 9.79 Å². The molecule has 3 atom stereocenters. The highest BCUT2D eigenvalue weighted by Gasteiger charge is 2.30. The number of benzene rings is 2. The Labute approximate surface area is 234 Å². The molecule has 7 nitrogen and oxygen atoms in total. The zero-order valence-electron chi connectivity index (χ0n) is 21.1. The molecule has 2 aromatic rings. The van der Waals surface area contributed by atoms with Crippen molar-refractivity contribution in [1.82, 2.24) is 10.2 Å². The van der Waals surface area contributed by atoms with Crippen LogP contribution in [0.15, 0.2) is 71.9 Å². The van der Waals surface area contributed by atoms with Gasteiger partial charge in [0.1, 0.15) is 12.2 Å². The number of thiol groups is 2. The largest absolute Gasteiger partial charge is 0.480 e. The zero-order chi connectivity index (χ0) is 26.9. The number of likely N-dealkylation sites (N-methyl/N-ethyl adjacent to an activating group) is 1. The van der Waals surface area contributed by atoms with Crippen molar-refractivity contribution in [2.24, 2.45) is 4.99 Å². The van der Waals surface area contributed by atoms with Gasteiger partial charge in [-0.1, -0.05) is 55.1 Å². The third kappa shape index (κ3) is 7.49. The molecule has 1 amide bonds. The second kappa shape index (κ2) is 13.8. The van der Waals surface area contributed by atoms with Crippen LogP contribution < -0.4 is 10.2 Å². The normalized spacial score (nSPS) is 16.6. The Hall–Kier alpha value is -2.56. The lowest BCUT2D eigenvalue weighted by Gasteiger charge is -2.34. The lowest BCUT2D eigenvalue weighted by Crippen LogP contribution is -2.48. The lowest BCUT2D eigenvalue weighted by atomic mass is 10.0. The number of hydrogen-bond acceptors (Lipinski definition) is 8. The fraction of sp³-hybridized carbons (Fsp3) is 0.370. The predicted octanol–water partition coefficient (Wildman–Crippen LogP) is 3.67. The number of nitrogens with zero attached hydrogens (tertiary/aromatic N) is 3. The topological polar surface area (TPSA) is 85.2 Å². The number of aliphatic imine (C=N–C) groups is 1. The average molecular weight is 559 g/mol. The maximum atomic E-state index is 13.1. The Kier molecular flexibility index (Phi) is 10.8. The van der Waals surface area contributed by atoms with Crippen LogP contribution in [0.25, 0.3) is 0 Å². The minimum Gasteiger partial charge on any atom is -0.480 e. The van der Waals surface area contributed by atoms with Crippen LogP contribution >= 0.6 is 37.0 Å². The van der Waals surface area contributed by atoms with Crippen LogP contribution in [0, 0.1) is 0 Å². The highest BCUT2D eigenvalue weighted by molar-refractivity contribution is 7.98. The zero-order valence-corrected chi connectivity index (χ0v) is 23.7. The van der Waals surface area contributed by atoms with Crippen LogP contribution in [0.5, 0.6) is 0 Å². The maximum absolute atomic E-state index is 13.1. The number of nitrogens with one attached hydrogen (secondary N) is 1. The number of thioether (sulfide) groups is 1. The predicted molar refractivity (Wildman–Crippen MR) is 161 cm³/mol. The molecular weight excluding hydrogens is 525 g/mol. The number of para-hydroxylation sites is 1. The van der Waals surface area contributed by atoms with Gasteiger partial charge in [-0.15, -0.1) is 0 Å². The van der Waals surface area contributed by atoms with E-state index in [2.05, 4.69) is 37.2 Å². The second-order valence-electron chi connectivity index (χ2n) is 8.76. The first-order valence-corrected chi connectivity index (χ1v) is 14.5. The van der Waals surface area contributed by atoms with E-state index in [4.69, 9.17) is 4.99 Å². The Balaban J connectivity index is 1.99. The summed E-state index contributed by atoms with van der Waals surface area (Å²) in [7, 11) is 1.92. The molecule has 1 heterocycles. The van der Waals surface area contributed by atoms with Crippen LogP contribution in [0.2, 0.25) is 0 Å². The molecule has 2 aromatic carbocycles. The number of carboxylic acid groups (broad SMARTS) is 1. The van der Waals surface area contributed by atoms with E-state index in [-0.39, 0.29) is 23.9 Å². The van der Waals surface area contributed by atoms with Gasteiger partial charge >= 0.3 is 5.97 Å². The number of amides is 1. The Morgan fingerprint density at radius 2 is 1.92 bits per heavy atom. The molecule has 0 radical (unpaired) electrons. The Morgan fingerprint density at radius 1 is 1.24 bits per heavy atom. The van der Waals surface area contributed by atoms with Gasteiger partial charge < -0.3 is 20.2 Å². The van der Waals surface area contributed by atoms with Crippen molar-refractivity contribution in [3.63, 3.8) is 0 Å². The summed E-state index contributed by atoms with van der Waals surface area (Å²) < 4.78 is 0. The average Bonchev–Trinajstić information content (AvgIpc) is 3.07. The summed E-state index contributed by atoms with van der Waals surface area (Å²) in [6.07, 6.45) is 1.90. The van der Waals surface area contributed by atoms with Gasteiger partial charge in [-0.05, 0) is 24.5 Å². The molecule has 10 heteroatoms. The molecule has 37 heavy (non-hydrogen) atoms. The van der Waals surface area contributed by atoms with Crippen LogP contribution in [0.4, 0.5) is 5.69 Å². The van der Waals surface area contributed by atoms with E-state index in [1.807, 2.05) is 77.7 Å². The van der Waals surface area contributed by atoms with Crippen molar-refractivity contribution in [3.05, 3.63) is 78.0 Å². The van der Waals surface area contributed by atoms with Gasteiger partial charge in [0, 0.05) is 40.6 Å². The Bertz CT molecular complexity index is 1130. The van der Waals surface area contributed by atoms with Crippen LogP contribution in [0.1, 0.15) is 17.5 Å². The summed E-state index contributed by atoms with van der Waals surface area (Å²) in [5, 5.41) is 12.1. The molecule has 0 aliphatic carbocycles. The number of carbonyl (C=O) groups is 2. The van der Waals surface area contributed by atoms with E-state index in [1.165, 1.54) is 0 Å². The smallest absolute Gasteiger partial charge is 0.326 e. The monoisotopic (exact) mass is 558 g/mol. The van der Waals surface area contributed by atoms with Crippen molar-refractivity contribution in [2.75, 3.05) is 42.8 Å². The van der Waals surface area contributed by atoms with Crippen molar-refractivity contribution in [1.29, 1.82) is 0 Å². The molecule has 2 N–H and O–H groups in total. The van der Waals surface area contributed by atoms with E-state index in [1.54, 1.807) is 11.8 Å². The molecule has 0 aromatic heterocycles. The van der Waals surface area contributed by atoms with E-state index in [0.29, 0.717) is 24.5 Å². The third-order valence-corrected chi connectivity index (χ3v) is 8.02. The number of hydrogen-bond donors (Lipinski definition) is 4. The first-order valence-electron chi connectivity index (χ1n) is 12.0. The number of aliphatic carboxylic acids is 1. The maximum Gasteiger partial charge on any atom is 0.326 e. The van der Waals surface area contributed by atoms with E-state index >= 15 is 0 Å². The van der Waals surface area contributed by atoms with E-state index < -0.39 is 12.0 Å². The number of carbonyl (C=O) groups excluding carboxylic acids is 1. The van der Waals surface area contributed by atoms with Gasteiger partial charge in [0.25, 0.3) is 0 Å². The molecule has 0 spiro atoms. The van der Waals surface area contributed by atoms with Gasteiger partial charge in [0.05, 0.1) is 18.8 Å². The summed E-state index contributed by atoms with van der Waals surface area (Å²) in [5.74, 6) is -0.223. The second-order valence-corrected chi connectivity index (χ2v) is 10.7. The van der Waals surface area contributed by atoms with Crippen molar-refractivity contribution in [2.45, 2.75) is 23.9 Å². The van der Waals surface area contributed by atoms with E-state index in [0.717, 1.165) is 28.2 Å². The highest BCUT2D eigenvalue weighted by atomic mass is 32.2. The van der Waals surface area contributed by atoms with E-state index in [9.17, 15) is 14.7 Å². The molecule has 0 fully saturated rings. The summed E-state index contributed by atoms with van der Waals surface area (Å²) in [6.45, 7) is 4.60. The SMILES string of the molecule is C=C(C(S)CS)N(C)C1CN(CC(=O)N[C@@H](CCSC)C(=O)O)c2ccccc2C(c2ccccc2)=N1. The first-order chi connectivity index (χ1) is 17.8. The van der Waals surface area contributed by atoms with Gasteiger partial charge in [-0.25, -0.2) is 4.79 Å². The van der Waals surface area contributed by atoms with Crippen LogP contribution in [-0.4, -0.2) is 83.0 Å². The Morgan fingerprint density at radius 3 is 2.57 bits per heavy atom. The number of benzodiazepines with no additional fused rings is 1. The summed E-state index contributed by atoms with van der Waals surface area (Å²) in [4.78, 5) is 33.9. The van der Waals surface area contributed by atoms with Gasteiger partial charge in [-0.2, -0.15) is 37.0 Å². The molecule has 2 unspecified atom stereocenters. The molecule has 3 rings (SSSR count). The van der Waals surface area contributed by atoms with Crippen LogP contribution in [-0.2, 0) is 9.59 Å². The lowest BCUT2D eigenvalue weighted by molar-refractivity contribution is -0.141. The van der Waals surface area contributed by atoms with Crippen molar-refractivity contribution in [3.8, 4) is 0 Å². The summed E-state index contributed by atoms with van der Waals surface area (Å²) >= 11 is 10.5. The third-order valence-electron chi connectivity index (χ3n) is 6.25. The molecule has 0 bridgehead atoms. The molecule has 1 aliphatic heterocycles. The van der Waals surface area contributed by atoms with Gasteiger partial charge in [0.2, 0.25) is 5.91 Å². The first kappa shape index (κ1) is 29.0. The number of carboxylic acids is 1. The molecule has 198 valence electrons. The number of fused-ring (bicyclic) bond motifs is 1. The standard InChI is InChI=1S/C27H34N4O3S3/c1-18(23(36)17-35)30(2)24-15-31(16-25(32)28-21(27(33)34)13-14-37-3)22-12-8-7-11-20(22)26(29-24)19-9-5-4-6-10-19/h4-12,21,23-24,35-36H,1,13-17H2,2-3H3,(H,28,32)(H,33,34)/t21-,23?,24?/m0/s1. The van der Waals surface area contributed by atoms with Gasteiger partial charge in [0.15, 0.2) is 0 Å². The fourth-order valence-electron chi connectivity index (χ4n) is 4.13. The quantitative estimate of drug-likeness (QED) is 0.298. The van der Waals surface area contributed by atoms with Crippen molar-refractivity contribution < 1.29 is 14.7 Å². The van der Waals surface area contributed by atoms with Crippen LogP contribution in [0.3, 0.4) is 0 Å². The molecule has 0 saturated carbocycles. The number of rotatable bonds is 12. The fourth-order valence-corrected chi connectivity index (χ4v) is 4.99. The minimum atomic E-state index is -1.03. The minimum absolute atomic E-state index is 0.00859. The number of anilines is 1. The molecule has 1 aliphatic rings. The molecule has 0 saturated heterocycles.